The molecule has 0 heterocycles. The van der Waals surface area contributed by atoms with E-state index in [9.17, 15) is 14.7 Å². The second kappa shape index (κ2) is 5.81. The van der Waals surface area contributed by atoms with Crippen LogP contribution in [-0.4, -0.2) is 54.1 Å². The molecule has 0 spiro atoms. The fourth-order valence-electron chi connectivity index (χ4n) is 1.99. The summed E-state index contributed by atoms with van der Waals surface area (Å²) in [5.74, 6) is -0.613. The molecule has 1 saturated carbocycles. The Labute approximate surface area is 127 Å². The lowest BCUT2D eigenvalue weighted by Crippen LogP contribution is -2.43. The Morgan fingerprint density at radius 2 is 1.95 bits per heavy atom. The molecule has 0 aliphatic heterocycles. The molecule has 1 aliphatic rings. The molecular weight excluding hydrogens is 296 g/mol. The smallest absolute Gasteiger partial charge is 0.326 e. The van der Waals surface area contributed by atoms with Gasteiger partial charge in [-0.3, -0.25) is 9.69 Å². The molecule has 1 N–H and O–H groups in total. The number of rotatable bonds is 3. The van der Waals surface area contributed by atoms with E-state index in [1.807, 2.05) is 0 Å². The van der Waals surface area contributed by atoms with Crippen molar-refractivity contribution >= 4 is 23.5 Å². The lowest BCUT2D eigenvalue weighted by Gasteiger charge is -2.23. The first kappa shape index (κ1) is 15.4. The Kier molecular flexibility index (Phi) is 4.27. The molecule has 6 nitrogen and oxygen atoms in total. The minimum absolute atomic E-state index is 0.0509. The third-order valence-corrected chi connectivity index (χ3v) is 3.80. The highest BCUT2D eigenvalue weighted by Crippen LogP contribution is 2.33. The van der Waals surface area contributed by atoms with E-state index in [0.717, 1.165) is 17.7 Å². The van der Waals surface area contributed by atoms with Crippen LogP contribution in [0.15, 0.2) is 12.1 Å². The van der Waals surface area contributed by atoms with Gasteiger partial charge in [0.1, 0.15) is 0 Å². The first-order valence-corrected chi connectivity index (χ1v) is 6.86. The van der Waals surface area contributed by atoms with E-state index in [1.54, 1.807) is 7.05 Å². The van der Waals surface area contributed by atoms with E-state index in [4.69, 9.17) is 16.3 Å². The number of methoxy groups -OCH3 is 1. The predicted octanol–water partition coefficient (Wildman–Crippen LogP) is 2.34. The van der Waals surface area contributed by atoms with Crippen molar-refractivity contribution in [1.82, 2.24) is 9.80 Å². The maximum Gasteiger partial charge on any atom is 0.326 e. The van der Waals surface area contributed by atoms with Gasteiger partial charge in [-0.15, -0.1) is 0 Å². The molecule has 21 heavy (non-hydrogen) atoms. The summed E-state index contributed by atoms with van der Waals surface area (Å²) in [5.41, 5.74) is 0.0509. The molecule has 1 aromatic rings. The molecule has 0 aromatic heterocycles. The Balaban J connectivity index is 2.22. The number of nitrogens with zero attached hydrogens (tertiary/aromatic N) is 2. The van der Waals surface area contributed by atoms with Gasteiger partial charge in [0.25, 0.3) is 5.91 Å². The molecule has 3 amide bonds. The van der Waals surface area contributed by atoms with E-state index in [2.05, 4.69) is 0 Å². The van der Waals surface area contributed by atoms with Crippen molar-refractivity contribution in [2.45, 2.75) is 18.9 Å². The van der Waals surface area contributed by atoms with Crippen LogP contribution < -0.4 is 4.74 Å². The average Bonchev–Trinajstić information content (AvgIpc) is 3.30. The third-order valence-electron chi connectivity index (χ3n) is 3.49. The Bertz CT molecular complexity index is 587. The maximum absolute atomic E-state index is 12.3. The molecular formula is C14H17ClN2O4. The number of halogens is 1. The first-order chi connectivity index (χ1) is 9.86. The number of carbonyl (C=O) groups excluding carboxylic acids is 2. The van der Waals surface area contributed by atoms with Gasteiger partial charge in [0.05, 0.1) is 17.7 Å². The number of hydrogen-bond acceptors (Lipinski definition) is 4. The molecule has 1 aliphatic carbocycles. The zero-order valence-corrected chi connectivity index (χ0v) is 12.8. The number of aromatic hydroxyl groups is 1. The zero-order valence-electron chi connectivity index (χ0n) is 12.1. The highest BCUT2D eigenvalue weighted by molar-refractivity contribution is 6.34. The number of hydrogen-bond donors (Lipinski definition) is 1. The molecule has 0 bridgehead atoms. The quantitative estimate of drug-likeness (QED) is 0.930. The number of benzene rings is 1. The maximum atomic E-state index is 12.3. The molecule has 2 rings (SSSR count). The van der Waals surface area contributed by atoms with Crippen LogP contribution in [0.4, 0.5) is 4.79 Å². The molecule has 7 heteroatoms. The molecule has 1 aromatic carbocycles. The van der Waals surface area contributed by atoms with Crippen LogP contribution in [0.25, 0.3) is 0 Å². The van der Waals surface area contributed by atoms with Crippen LogP contribution >= 0.6 is 11.6 Å². The summed E-state index contributed by atoms with van der Waals surface area (Å²) < 4.78 is 4.91. The minimum atomic E-state index is -0.574. The normalized spacial score (nSPS) is 13.7. The highest BCUT2D eigenvalue weighted by Gasteiger charge is 2.33. The highest BCUT2D eigenvalue weighted by atomic mass is 35.5. The monoisotopic (exact) mass is 312 g/mol. The van der Waals surface area contributed by atoms with Crippen molar-refractivity contribution in [2.75, 3.05) is 21.2 Å². The summed E-state index contributed by atoms with van der Waals surface area (Å²) >= 11 is 6.01. The summed E-state index contributed by atoms with van der Waals surface area (Å²) in [4.78, 5) is 27.0. The second-order valence-electron chi connectivity index (χ2n) is 4.99. The van der Waals surface area contributed by atoms with Gasteiger partial charge in [-0.1, -0.05) is 11.6 Å². The van der Waals surface area contributed by atoms with Crippen LogP contribution in [0.3, 0.4) is 0 Å². The molecule has 0 unspecified atom stereocenters. The van der Waals surface area contributed by atoms with Crippen molar-refractivity contribution < 1.29 is 19.4 Å². The number of imide groups is 1. The number of phenolic OH excluding ortho intramolecular Hbond substituents is 1. The van der Waals surface area contributed by atoms with Crippen LogP contribution in [0.5, 0.6) is 11.5 Å². The molecule has 0 saturated heterocycles. The van der Waals surface area contributed by atoms with Gasteiger partial charge in [-0.05, 0) is 18.9 Å². The van der Waals surface area contributed by atoms with E-state index in [1.165, 1.54) is 31.2 Å². The van der Waals surface area contributed by atoms with Crippen LogP contribution in [-0.2, 0) is 0 Å². The summed E-state index contributed by atoms with van der Waals surface area (Å²) in [6.07, 6.45) is 1.91. The van der Waals surface area contributed by atoms with Crippen LogP contribution in [0.1, 0.15) is 23.2 Å². The SMILES string of the molecule is COc1cc(Cl)c(C(=O)N(C)C(=O)N(C)C2CC2)cc1O. The first-order valence-electron chi connectivity index (χ1n) is 6.48. The molecule has 114 valence electrons. The summed E-state index contributed by atoms with van der Waals surface area (Å²) in [7, 11) is 4.44. The number of ether oxygens (including phenoxy) is 1. The summed E-state index contributed by atoms with van der Waals surface area (Å²) in [6, 6.07) is 2.35. The van der Waals surface area contributed by atoms with Crippen molar-refractivity contribution in [3.8, 4) is 11.5 Å². The van der Waals surface area contributed by atoms with Gasteiger partial charge in [-0.25, -0.2) is 4.79 Å². The van der Waals surface area contributed by atoms with E-state index in [0.29, 0.717) is 0 Å². The van der Waals surface area contributed by atoms with Crippen molar-refractivity contribution in [2.24, 2.45) is 0 Å². The van der Waals surface area contributed by atoms with Crippen molar-refractivity contribution in [1.29, 1.82) is 0 Å². The standard InChI is InChI=1S/C14H17ClN2O4/c1-16(8-4-5-8)14(20)17(2)13(19)9-6-11(18)12(21-3)7-10(9)15/h6-8,18H,4-5H2,1-3H3. The van der Waals surface area contributed by atoms with E-state index < -0.39 is 11.9 Å². The predicted molar refractivity (Wildman–Crippen MR) is 77.9 cm³/mol. The second-order valence-corrected chi connectivity index (χ2v) is 5.40. The Hall–Kier alpha value is -1.95. The summed E-state index contributed by atoms with van der Waals surface area (Å²) in [6.45, 7) is 0. The molecule has 0 radical (unpaired) electrons. The van der Waals surface area contributed by atoms with E-state index >= 15 is 0 Å². The van der Waals surface area contributed by atoms with Gasteiger partial charge in [-0.2, -0.15) is 0 Å². The zero-order chi connectivity index (χ0) is 15.7. The Morgan fingerprint density at radius 1 is 1.33 bits per heavy atom. The minimum Gasteiger partial charge on any atom is -0.504 e. The van der Waals surface area contributed by atoms with Crippen LogP contribution in [0.2, 0.25) is 5.02 Å². The molecule has 0 atom stereocenters. The lowest BCUT2D eigenvalue weighted by atomic mass is 10.1. The van der Waals surface area contributed by atoms with Crippen molar-refractivity contribution in [3.63, 3.8) is 0 Å². The average molecular weight is 313 g/mol. The summed E-state index contributed by atoms with van der Waals surface area (Å²) in [5, 5.41) is 9.86. The fraction of sp³-hybridized carbons (Fsp3) is 0.429. The third kappa shape index (κ3) is 3.05. The topological polar surface area (TPSA) is 70.1 Å². The van der Waals surface area contributed by atoms with E-state index in [-0.39, 0.29) is 28.1 Å². The number of urea groups is 1. The number of phenols is 1. The van der Waals surface area contributed by atoms with Gasteiger partial charge in [0.15, 0.2) is 11.5 Å². The van der Waals surface area contributed by atoms with Gasteiger partial charge in [0, 0.05) is 26.2 Å². The Morgan fingerprint density at radius 3 is 2.48 bits per heavy atom. The largest absolute Gasteiger partial charge is 0.504 e. The van der Waals surface area contributed by atoms with Crippen LogP contribution in [0, 0.1) is 0 Å². The number of amides is 3. The van der Waals surface area contributed by atoms with Gasteiger partial charge >= 0.3 is 6.03 Å². The molecule has 1 fully saturated rings. The fourth-order valence-corrected chi connectivity index (χ4v) is 2.23. The lowest BCUT2D eigenvalue weighted by molar-refractivity contribution is 0.0801. The van der Waals surface area contributed by atoms with Gasteiger partial charge in [0.2, 0.25) is 0 Å². The van der Waals surface area contributed by atoms with Gasteiger partial charge < -0.3 is 14.7 Å². The van der Waals surface area contributed by atoms with Crippen molar-refractivity contribution in [3.05, 3.63) is 22.7 Å². The number of carbonyl (C=O) groups is 2.